The first-order valence-corrected chi connectivity index (χ1v) is 4.28. The minimum Gasteiger partial charge on any atom is -0.775 e. The van der Waals surface area contributed by atoms with E-state index in [1.807, 2.05) is 0 Å². The third-order valence-electron chi connectivity index (χ3n) is 1.08. The van der Waals surface area contributed by atoms with Crippen molar-refractivity contribution in [2.75, 3.05) is 0 Å². The zero-order chi connectivity index (χ0) is 7.61. The molecule has 0 bridgehead atoms. The molecule has 0 aliphatic rings. The summed E-state index contributed by atoms with van der Waals surface area (Å²) >= 11 is 0. The fourth-order valence-electron chi connectivity index (χ4n) is 0.616. The van der Waals surface area contributed by atoms with E-state index in [1.54, 1.807) is 18.2 Å². The Labute approximate surface area is 86.9 Å². The first-order chi connectivity index (χ1) is 4.61. The molecule has 0 amide bonds. The second kappa shape index (κ2) is 4.41. The van der Waals surface area contributed by atoms with Gasteiger partial charge in [0.05, 0.1) is 0 Å². The molecule has 11 heavy (non-hydrogen) atoms. The van der Waals surface area contributed by atoms with Crippen LogP contribution in [0, 0.1) is 0 Å². The second-order valence-corrected chi connectivity index (χ2v) is 3.41. The standard InChI is InChI=1S/C6H7O3P.Na/c7-10(8,9)6-4-2-1-3-5-6;/h1-5H,(H2,7,8,9);/q;+1/p-1. The van der Waals surface area contributed by atoms with E-state index in [1.165, 1.54) is 12.1 Å². The van der Waals surface area contributed by atoms with Crippen LogP contribution in [0.4, 0.5) is 0 Å². The summed E-state index contributed by atoms with van der Waals surface area (Å²) in [7, 11) is -4.27. The monoisotopic (exact) mass is 180 g/mol. The van der Waals surface area contributed by atoms with Gasteiger partial charge in [-0.15, -0.1) is 0 Å². The van der Waals surface area contributed by atoms with Crippen molar-refractivity contribution < 1.29 is 43.9 Å². The maximum atomic E-state index is 10.4. The van der Waals surface area contributed by atoms with Crippen LogP contribution in [0.3, 0.4) is 0 Å². The zero-order valence-corrected chi connectivity index (χ0v) is 8.99. The van der Waals surface area contributed by atoms with Crippen molar-refractivity contribution in [3.05, 3.63) is 30.3 Å². The maximum absolute atomic E-state index is 10.4. The van der Waals surface area contributed by atoms with Gasteiger partial charge in [-0.25, -0.2) is 0 Å². The van der Waals surface area contributed by atoms with Crippen molar-refractivity contribution in [3.63, 3.8) is 0 Å². The van der Waals surface area contributed by atoms with Crippen LogP contribution in [0.5, 0.6) is 0 Å². The number of benzene rings is 1. The molecule has 0 fully saturated rings. The Hall–Kier alpha value is 0.370. The van der Waals surface area contributed by atoms with E-state index in [0.717, 1.165) is 0 Å². The van der Waals surface area contributed by atoms with Gasteiger partial charge in [-0.1, -0.05) is 30.3 Å². The summed E-state index contributed by atoms with van der Waals surface area (Å²) < 4.78 is 10.4. The molecule has 54 valence electrons. The molecule has 0 aromatic heterocycles. The molecule has 0 heterocycles. The molecule has 0 saturated heterocycles. The molecule has 1 rings (SSSR count). The van der Waals surface area contributed by atoms with Crippen molar-refractivity contribution >= 4 is 12.9 Å². The van der Waals surface area contributed by atoms with Crippen molar-refractivity contribution in [1.29, 1.82) is 0 Å². The average Bonchev–Trinajstić information content (AvgIpc) is 1.88. The first kappa shape index (κ1) is 11.4. The van der Waals surface area contributed by atoms with Crippen molar-refractivity contribution in [1.82, 2.24) is 0 Å². The zero-order valence-electron chi connectivity index (χ0n) is 6.10. The van der Waals surface area contributed by atoms with Crippen LogP contribution >= 0.6 is 7.60 Å². The van der Waals surface area contributed by atoms with Crippen LogP contribution in [-0.2, 0) is 4.57 Å². The van der Waals surface area contributed by atoms with Gasteiger partial charge in [0, 0.05) is 5.30 Å². The molecule has 0 spiro atoms. The van der Waals surface area contributed by atoms with E-state index >= 15 is 0 Å². The van der Waals surface area contributed by atoms with Gasteiger partial charge in [-0.05, 0) is 0 Å². The molecular weight excluding hydrogens is 174 g/mol. The summed E-state index contributed by atoms with van der Waals surface area (Å²) in [6, 6.07) is 7.47. The molecule has 1 N–H and O–H groups in total. The van der Waals surface area contributed by atoms with E-state index in [2.05, 4.69) is 0 Å². The van der Waals surface area contributed by atoms with Crippen LogP contribution in [0.25, 0.3) is 0 Å². The third kappa shape index (κ3) is 3.52. The van der Waals surface area contributed by atoms with Crippen LogP contribution in [0.1, 0.15) is 0 Å². The topological polar surface area (TPSA) is 60.4 Å². The van der Waals surface area contributed by atoms with Crippen molar-refractivity contribution in [3.8, 4) is 0 Å². The van der Waals surface area contributed by atoms with E-state index < -0.39 is 7.60 Å². The Balaban J connectivity index is 0.000001000. The molecule has 1 unspecified atom stereocenters. The van der Waals surface area contributed by atoms with Gasteiger partial charge in [0.1, 0.15) is 0 Å². The van der Waals surface area contributed by atoms with E-state index in [0.29, 0.717) is 0 Å². The minimum atomic E-state index is -4.27. The SMILES string of the molecule is O=P([O-])(O)c1ccccc1.[Na+]. The summed E-state index contributed by atoms with van der Waals surface area (Å²) in [5.74, 6) is 0. The molecule has 0 aliphatic carbocycles. The summed E-state index contributed by atoms with van der Waals surface area (Å²) in [4.78, 5) is 18.9. The fraction of sp³-hybridized carbons (Fsp3) is 0. The van der Waals surface area contributed by atoms with Gasteiger partial charge in [-0.2, -0.15) is 0 Å². The fourth-order valence-corrected chi connectivity index (χ4v) is 1.17. The van der Waals surface area contributed by atoms with Gasteiger partial charge in [0.15, 0.2) is 7.60 Å². The largest absolute Gasteiger partial charge is 1.00 e. The Morgan fingerprint density at radius 3 is 2.00 bits per heavy atom. The molecule has 1 aromatic rings. The molecular formula is C6H6NaO3P. The van der Waals surface area contributed by atoms with Crippen LogP contribution in [-0.4, -0.2) is 4.89 Å². The van der Waals surface area contributed by atoms with Gasteiger partial charge >= 0.3 is 29.6 Å². The quantitative estimate of drug-likeness (QED) is 0.367. The maximum Gasteiger partial charge on any atom is 1.00 e. The molecule has 3 nitrogen and oxygen atoms in total. The first-order valence-electron chi connectivity index (χ1n) is 2.70. The third-order valence-corrected chi connectivity index (χ3v) is 2.03. The van der Waals surface area contributed by atoms with E-state index in [-0.39, 0.29) is 34.9 Å². The van der Waals surface area contributed by atoms with Gasteiger partial charge in [0.25, 0.3) is 0 Å². The predicted molar refractivity (Wildman–Crippen MR) is 35.9 cm³/mol. The van der Waals surface area contributed by atoms with Crippen molar-refractivity contribution in [2.45, 2.75) is 0 Å². The normalized spacial score (nSPS) is 14.7. The summed E-state index contributed by atoms with van der Waals surface area (Å²) in [6.07, 6.45) is 0. The van der Waals surface area contributed by atoms with E-state index in [9.17, 15) is 9.46 Å². The summed E-state index contributed by atoms with van der Waals surface area (Å²) in [6.45, 7) is 0. The average molecular weight is 180 g/mol. The summed E-state index contributed by atoms with van der Waals surface area (Å²) in [5, 5.41) is -0.0463. The molecule has 0 saturated carbocycles. The number of rotatable bonds is 1. The number of hydrogen-bond donors (Lipinski definition) is 1. The van der Waals surface area contributed by atoms with Crippen LogP contribution < -0.4 is 39.8 Å². The van der Waals surface area contributed by atoms with Gasteiger partial charge < -0.3 is 14.4 Å². The summed E-state index contributed by atoms with van der Waals surface area (Å²) in [5.41, 5.74) is 0. The Morgan fingerprint density at radius 2 is 1.73 bits per heavy atom. The Morgan fingerprint density at radius 1 is 1.27 bits per heavy atom. The molecule has 0 radical (unpaired) electrons. The van der Waals surface area contributed by atoms with Gasteiger partial charge in [0.2, 0.25) is 0 Å². The minimum absolute atomic E-state index is 0. The smallest absolute Gasteiger partial charge is 0.775 e. The second-order valence-electron chi connectivity index (χ2n) is 1.86. The van der Waals surface area contributed by atoms with Crippen LogP contribution in [0.2, 0.25) is 0 Å². The molecule has 5 heteroatoms. The Bertz CT molecular complexity index is 256. The van der Waals surface area contributed by atoms with Gasteiger partial charge in [-0.3, -0.25) is 0 Å². The number of hydrogen-bond acceptors (Lipinski definition) is 2. The Kier molecular flexibility index (Phi) is 4.56. The molecule has 1 atom stereocenters. The van der Waals surface area contributed by atoms with Crippen molar-refractivity contribution in [2.24, 2.45) is 0 Å². The molecule has 1 aromatic carbocycles. The predicted octanol–water partition coefficient (Wildman–Crippen LogP) is -3.14. The van der Waals surface area contributed by atoms with E-state index in [4.69, 9.17) is 4.89 Å². The van der Waals surface area contributed by atoms with Crippen LogP contribution in [0.15, 0.2) is 30.3 Å². The molecule has 0 aliphatic heterocycles.